The molecule has 1 rings (SSSR count). The molecule has 104 valence electrons. The monoisotopic (exact) mass is 255 g/mol. The Balaban J connectivity index is 2.65. The Morgan fingerprint density at radius 1 is 1.28 bits per heavy atom. The third-order valence-electron chi connectivity index (χ3n) is 2.83. The summed E-state index contributed by atoms with van der Waals surface area (Å²) in [6.45, 7) is 10.3. The summed E-state index contributed by atoms with van der Waals surface area (Å²) in [6.07, 6.45) is 1.52. The zero-order chi connectivity index (χ0) is 14.0. The standard InChI is InChI=1S/C13H25N3O2/c1-12(2,3)8-9(14)7-10-15-11(16-18-10)13(4,5)17-6/h9H,7-8,14H2,1-6H3. The zero-order valence-electron chi connectivity index (χ0n) is 12.3. The first-order valence-corrected chi connectivity index (χ1v) is 6.28. The van der Waals surface area contributed by atoms with Crippen LogP contribution in [-0.2, 0) is 16.8 Å². The molecule has 0 spiro atoms. The molecular formula is C13H25N3O2. The fourth-order valence-corrected chi connectivity index (χ4v) is 1.76. The molecule has 0 radical (unpaired) electrons. The quantitative estimate of drug-likeness (QED) is 0.873. The van der Waals surface area contributed by atoms with E-state index in [1.54, 1.807) is 7.11 Å². The molecule has 0 amide bonds. The first-order chi connectivity index (χ1) is 8.14. The minimum atomic E-state index is -0.532. The Morgan fingerprint density at radius 2 is 1.89 bits per heavy atom. The second-order valence-corrected chi connectivity index (χ2v) is 6.46. The van der Waals surface area contributed by atoms with Gasteiger partial charge in [0, 0.05) is 19.6 Å². The molecule has 0 saturated heterocycles. The molecule has 5 heteroatoms. The maximum Gasteiger partial charge on any atom is 0.228 e. The van der Waals surface area contributed by atoms with Crippen LogP contribution >= 0.6 is 0 Å². The van der Waals surface area contributed by atoms with Gasteiger partial charge in [-0.05, 0) is 25.7 Å². The number of aromatic nitrogens is 2. The number of hydrogen-bond donors (Lipinski definition) is 1. The van der Waals surface area contributed by atoms with E-state index in [-0.39, 0.29) is 11.5 Å². The van der Waals surface area contributed by atoms with Crippen LogP contribution in [0.25, 0.3) is 0 Å². The van der Waals surface area contributed by atoms with Crippen LogP contribution in [0.4, 0.5) is 0 Å². The van der Waals surface area contributed by atoms with Crippen molar-refractivity contribution in [2.75, 3.05) is 7.11 Å². The molecular weight excluding hydrogens is 230 g/mol. The van der Waals surface area contributed by atoms with Crippen LogP contribution in [-0.4, -0.2) is 23.3 Å². The normalized spacial score (nSPS) is 14.8. The van der Waals surface area contributed by atoms with Crippen molar-refractivity contribution in [1.82, 2.24) is 10.1 Å². The Kier molecular flexibility index (Phi) is 4.50. The highest BCUT2D eigenvalue weighted by molar-refractivity contribution is 4.98. The first-order valence-electron chi connectivity index (χ1n) is 6.28. The fraction of sp³-hybridized carbons (Fsp3) is 0.846. The topological polar surface area (TPSA) is 74.2 Å². The predicted octanol–water partition coefficient (Wildman–Crippen LogP) is 2.26. The molecule has 1 heterocycles. The van der Waals surface area contributed by atoms with E-state index in [4.69, 9.17) is 15.0 Å². The van der Waals surface area contributed by atoms with Crippen molar-refractivity contribution in [3.8, 4) is 0 Å². The van der Waals surface area contributed by atoms with Crippen molar-refractivity contribution in [2.24, 2.45) is 11.1 Å². The lowest BCUT2D eigenvalue weighted by atomic mass is 9.87. The van der Waals surface area contributed by atoms with E-state index in [1.807, 2.05) is 13.8 Å². The van der Waals surface area contributed by atoms with E-state index >= 15 is 0 Å². The van der Waals surface area contributed by atoms with Crippen molar-refractivity contribution < 1.29 is 9.26 Å². The lowest BCUT2D eigenvalue weighted by molar-refractivity contribution is 0.00973. The van der Waals surface area contributed by atoms with Crippen molar-refractivity contribution in [2.45, 2.75) is 59.1 Å². The molecule has 1 atom stereocenters. The third-order valence-corrected chi connectivity index (χ3v) is 2.83. The van der Waals surface area contributed by atoms with E-state index in [0.717, 1.165) is 6.42 Å². The Labute approximate surface area is 109 Å². The van der Waals surface area contributed by atoms with Gasteiger partial charge in [-0.2, -0.15) is 4.98 Å². The fourth-order valence-electron chi connectivity index (χ4n) is 1.76. The summed E-state index contributed by atoms with van der Waals surface area (Å²) >= 11 is 0. The molecule has 1 unspecified atom stereocenters. The van der Waals surface area contributed by atoms with Gasteiger partial charge in [0.05, 0.1) is 0 Å². The number of nitrogens with two attached hydrogens (primary N) is 1. The first kappa shape index (κ1) is 15.1. The summed E-state index contributed by atoms with van der Waals surface area (Å²) in [6, 6.07) is 0.0314. The van der Waals surface area contributed by atoms with Crippen LogP contribution in [0.5, 0.6) is 0 Å². The summed E-state index contributed by atoms with van der Waals surface area (Å²) in [5.74, 6) is 1.13. The predicted molar refractivity (Wildman–Crippen MR) is 70.1 cm³/mol. The van der Waals surface area contributed by atoms with E-state index in [9.17, 15) is 0 Å². The van der Waals surface area contributed by atoms with Crippen molar-refractivity contribution >= 4 is 0 Å². The number of methoxy groups -OCH3 is 1. The van der Waals surface area contributed by atoms with Crippen molar-refractivity contribution in [3.63, 3.8) is 0 Å². The van der Waals surface area contributed by atoms with Crippen LogP contribution in [0.2, 0.25) is 0 Å². The van der Waals surface area contributed by atoms with Gasteiger partial charge in [0.2, 0.25) is 11.7 Å². The van der Waals surface area contributed by atoms with Gasteiger partial charge in [0.25, 0.3) is 0 Å². The summed E-state index contributed by atoms with van der Waals surface area (Å²) in [7, 11) is 1.63. The molecule has 0 fully saturated rings. The Hall–Kier alpha value is -0.940. The summed E-state index contributed by atoms with van der Waals surface area (Å²) in [5.41, 5.74) is 5.75. The largest absolute Gasteiger partial charge is 0.371 e. The van der Waals surface area contributed by atoms with Crippen LogP contribution in [0.1, 0.15) is 52.8 Å². The van der Waals surface area contributed by atoms with Crippen LogP contribution in [0, 0.1) is 5.41 Å². The highest BCUT2D eigenvalue weighted by atomic mass is 16.5. The molecule has 1 aromatic rings. The molecule has 5 nitrogen and oxygen atoms in total. The molecule has 0 bridgehead atoms. The average Bonchev–Trinajstić information content (AvgIpc) is 2.63. The SMILES string of the molecule is COC(C)(C)c1noc(CC(N)CC(C)(C)C)n1. The second kappa shape index (κ2) is 5.36. The molecule has 0 saturated carbocycles. The van der Waals surface area contributed by atoms with E-state index in [2.05, 4.69) is 30.9 Å². The van der Waals surface area contributed by atoms with E-state index < -0.39 is 5.60 Å². The molecule has 0 aliphatic heterocycles. The molecule has 0 aliphatic carbocycles. The van der Waals surface area contributed by atoms with Crippen LogP contribution in [0.3, 0.4) is 0 Å². The lowest BCUT2D eigenvalue weighted by Crippen LogP contribution is -2.28. The molecule has 2 N–H and O–H groups in total. The molecule has 18 heavy (non-hydrogen) atoms. The van der Waals surface area contributed by atoms with Crippen molar-refractivity contribution in [3.05, 3.63) is 11.7 Å². The highest BCUT2D eigenvalue weighted by Crippen LogP contribution is 2.23. The summed E-state index contributed by atoms with van der Waals surface area (Å²) < 4.78 is 10.5. The summed E-state index contributed by atoms with van der Waals surface area (Å²) in [4.78, 5) is 4.34. The van der Waals surface area contributed by atoms with Gasteiger partial charge in [-0.1, -0.05) is 25.9 Å². The maximum atomic E-state index is 6.08. The number of ether oxygens (including phenoxy) is 1. The molecule has 1 aromatic heterocycles. The smallest absolute Gasteiger partial charge is 0.228 e. The van der Waals surface area contributed by atoms with Gasteiger partial charge in [-0.25, -0.2) is 0 Å². The number of nitrogens with zero attached hydrogens (tertiary/aromatic N) is 2. The minimum absolute atomic E-state index is 0.0314. The van der Waals surface area contributed by atoms with Gasteiger partial charge in [0.15, 0.2) is 0 Å². The van der Waals surface area contributed by atoms with Gasteiger partial charge in [-0.3, -0.25) is 0 Å². The van der Waals surface area contributed by atoms with Gasteiger partial charge < -0.3 is 15.0 Å². The highest BCUT2D eigenvalue weighted by Gasteiger charge is 2.27. The third kappa shape index (κ3) is 4.38. The minimum Gasteiger partial charge on any atom is -0.371 e. The lowest BCUT2D eigenvalue weighted by Gasteiger charge is -2.22. The maximum absolute atomic E-state index is 6.08. The molecule has 0 aromatic carbocycles. The second-order valence-electron chi connectivity index (χ2n) is 6.46. The summed E-state index contributed by atoms with van der Waals surface area (Å²) in [5, 5.41) is 3.94. The van der Waals surface area contributed by atoms with E-state index in [1.165, 1.54) is 0 Å². The zero-order valence-corrected chi connectivity index (χ0v) is 12.3. The van der Waals surface area contributed by atoms with Crippen LogP contribution in [0.15, 0.2) is 4.52 Å². The average molecular weight is 255 g/mol. The van der Waals surface area contributed by atoms with E-state index in [0.29, 0.717) is 18.1 Å². The Bertz CT molecular complexity index is 380. The Morgan fingerprint density at radius 3 is 2.39 bits per heavy atom. The number of hydrogen-bond acceptors (Lipinski definition) is 5. The van der Waals surface area contributed by atoms with Crippen LogP contribution < -0.4 is 5.73 Å². The van der Waals surface area contributed by atoms with Gasteiger partial charge >= 0.3 is 0 Å². The van der Waals surface area contributed by atoms with Crippen molar-refractivity contribution in [1.29, 1.82) is 0 Å². The number of rotatable bonds is 5. The molecule has 0 aliphatic rings. The van der Waals surface area contributed by atoms with Gasteiger partial charge in [-0.15, -0.1) is 0 Å². The van der Waals surface area contributed by atoms with Gasteiger partial charge in [0.1, 0.15) is 5.60 Å².